The van der Waals surface area contributed by atoms with E-state index in [2.05, 4.69) is 48.8 Å². The highest BCUT2D eigenvalue weighted by molar-refractivity contribution is 9.10. The molecular weight excluding hydrogens is 326 g/mol. The maximum Gasteiger partial charge on any atom is 0.133 e. The molecule has 0 spiro atoms. The van der Waals surface area contributed by atoms with Gasteiger partial charge in [-0.25, -0.2) is 0 Å². The van der Waals surface area contributed by atoms with Crippen LogP contribution in [0.2, 0.25) is 0 Å². The Kier molecular flexibility index (Phi) is 5.73. The Bertz CT molecular complexity index is 472. The SMILES string of the molecule is CCCOc1ccc(C(N)C2CCCCC2(C)C)cc1Br. The lowest BCUT2D eigenvalue weighted by atomic mass is 9.65. The number of hydrogen-bond donors (Lipinski definition) is 1. The summed E-state index contributed by atoms with van der Waals surface area (Å²) in [7, 11) is 0. The van der Waals surface area contributed by atoms with Crippen molar-refractivity contribution >= 4 is 15.9 Å². The fourth-order valence-electron chi connectivity index (χ4n) is 3.47. The van der Waals surface area contributed by atoms with Gasteiger partial charge in [-0.05, 0) is 64.2 Å². The first-order chi connectivity index (χ1) is 9.95. The zero-order chi connectivity index (χ0) is 15.5. The number of benzene rings is 1. The van der Waals surface area contributed by atoms with Gasteiger partial charge in [-0.1, -0.05) is 39.7 Å². The average Bonchev–Trinajstić information content (AvgIpc) is 2.45. The fraction of sp³-hybridized carbons (Fsp3) is 0.667. The third kappa shape index (κ3) is 4.01. The molecule has 3 heteroatoms. The maximum atomic E-state index is 6.60. The van der Waals surface area contributed by atoms with Crippen molar-refractivity contribution in [2.45, 2.75) is 58.9 Å². The molecule has 1 aromatic rings. The minimum absolute atomic E-state index is 0.108. The molecule has 21 heavy (non-hydrogen) atoms. The largest absolute Gasteiger partial charge is 0.492 e. The predicted octanol–water partition coefficient (Wildman–Crippen LogP) is 5.45. The second-order valence-corrected chi connectivity index (χ2v) is 7.76. The van der Waals surface area contributed by atoms with Crippen molar-refractivity contribution in [1.82, 2.24) is 0 Å². The lowest BCUT2D eigenvalue weighted by molar-refractivity contribution is 0.112. The molecule has 0 saturated heterocycles. The summed E-state index contributed by atoms with van der Waals surface area (Å²) in [5.74, 6) is 1.47. The van der Waals surface area contributed by atoms with Gasteiger partial charge in [0.1, 0.15) is 5.75 Å². The minimum Gasteiger partial charge on any atom is -0.492 e. The molecule has 2 unspecified atom stereocenters. The number of rotatable bonds is 5. The van der Waals surface area contributed by atoms with Crippen LogP contribution in [0.4, 0.5) is 0 Å². The Morgan fingerprint density at radius 1 is 1.38 bits per heavy atom. The zero-order valence-corrected chi connectivity index (χ0v) is 15.1. The molecule has 1 fully saturated rings. The van der Waals surface area contributed by atoms with Crippen LogP contribution in [0.5, 0.6) is 5.75 Å². The van der Waals surface area contributed by atoms with Gasteiger partial charge in [0.15, 0.2) is 0 Å². The van der Waals surface area contributed by atoms with Crippen molar-refractivity contribution in [3.05, 3.63) is 28.2 Å². The van der Waals surface area contributed by atoms with Crippen molar-refractivity contribution in [3.8, 4) is 5.75 Å². The molecule has 0 aliphatic heterocycles. The van der Waals surface area contributed by atoms with Crippen LogP contribution in [0.3, 0.4) is 0 Å². The number of ether oxygens (including phenoxy) is 1. The summed E-state index contributed by atoms with van der Waals surface area (Å²) in [6.07, 6.45) is 6.18. The molecular formula is C18H28BrNO. The van der Waals surface area contributed by atoms with Gasteiger partial charge in [-0.3, -0.25) is 0 Å². The van der Waals surface area contributed by atoms with Gasteiger partial charge >= 0.3 is 0 Å². The van der Waals surface area contributed by atoms with Gasteiger partial charge < -0.3 is 10.5 Å². The van der Waals surface area contributed by atoms with E-state index in [9.17, 15) is 0 Å². The van der Waals surface area contributed by atoms with Crippen molar-refractivity contribution in [2.24, 2.45) is 17.1 Å². The van der Waals surface area contributed by atoms with Gasteiger partial charge in [0.25, 0.3) is 0 Å². The average molecular weight is 354 g/mol. The molecule has 2 rings (SSSR count). The first kappa shape index (κ1) is 16.8. The topological polar surface area (TPSA) is 35.2 Å². The van der Waals surface area contributed by atoms with Crippen molar-refractivity contribution in [1.29, 1.82) is 0 Å². The Labute approximate surface area is 137 Å². The van der Waals surface area contributed by atoms with Crippen LogP contribution in [0.25, 0.3) is 0 Å². The van der Waals surface area contributed by atoms with Gasteiger partial charge in [0, 0.05) is 6.04 Å². The Morgan fingerprint density at radius 2 is 2.14 bits per heavy atom. The van der Waals surface area contributed by atoms with Crippen LogP contribution in [0, 0.1) is 11.3 Å². The Morgan fingerprint density at radius 3 is 2.76 bits per heavy atom. The smallest absolute Gasteiger partial charge is 0.133 e. The van der Waals surface area contributed by atoms with Gasteiger partial charge in [-0.2, -0.15) is 0 Å². The molecule has 1 aliphatic carbocycles. The van der Waals surface area contributed by atoms with Crippen molar-refractivity contribution in [2.75, 3.05) is 6.61 Å². The van der Waals surface area contributed by atoms with E-state index in [1.165, 1.54) is 31.2 Å². The first-order valence-electron chi connectivity index (χ1n) is 8.13. The summed E-state index contributed by atoms with van der Waals surface area (Å²) in [6, 6.07) is 6.42. The van der Waals surface area contributed by atoms with E-state index >= 15 is 0 Å². The molecule has 0 bridgehead atoms. The Balaban J connectivity index is 2.15. The standard InChI is InChI=1S/C18H28BrNO/c1-4-11-21-16-9-8-13(12-15(16)19)17(20)14-7-5-6-10-18(14,2)3/h8-9,12,14,17H,4-7,10-11,20H2,1-3H3. The molecule has 2 atom stereocenters. The number of nitrogens with two attached hydrogens (primary N) is 1. The fourth-order valence-corrected chi connectivity index (χ4v) is 3.98. The lowest BCUT2D eigenvalue weighted by Crippen LogP contribution is -2.36. The van der Waals surface area contributed by atoms with E-state index in [0.29, 0.717) is 11.3 Å². The second-order valence-electron chi connectivity index (χ2n) is 6.90. The molecule has 0 amide bonds. The van der Waals surface area contributed by atoms with Crippen LogP contribution in [0.15, 0.2) is 22.7 Å². The summed E-state index contributed by atoms with van der Waals surface area (Å²) in [6.45, 7) is 7.60. The summed E-state index contributed by atoms with van der Waals surface area (Å²) in [5, 5.41) is 0. The summed E-state index contributed by atoms with van der Waals surface area (Å²) in [5.41, 5.74) is 8.15. The van der Waals surface area contributed by atoms with Crippen molar-refractivity contribution in [3.63, 3.8) is 0 Å². The minimum atomic E-state index is 0.108. The molecule has 118 valence electrons. The highest BCUT2D eigenvalue weighted by Crippen LogP contribution is 2.46. The van der Waals surface area contributed by atoms with Crippen LogP contribution >= 0.6 is 15.9 Å². The molecule has 1 aliphatic rings. The number of halogens is 1. The molecule has 0 radical (unpaired) electrons. The molecule has 2 N–H and O–H groups in total. The van der Waals surface area contributed by atoms with E-state index in [1.54, 1.807) is 0 Å². The van der Waals surface area contributed by atoms with Gasteiger partial charge in [0.05, 0.1) is 11.1 Å². The molecule has 1 aromatic carbocycles. The molecule has 2 nitrogen and oxygen atoms in total. The summed E-state index contributed by atoms with van der Waals surface area (Å²) >= 11 is 3.62. The van der Waals surface area contributed by atoms with Gasteiger partial charge in [0.2, 0.25) is 0 Å². The lowest BCUT2D eigenvalue weighted by Gasteiger charge is -2.42. The van der Waals surface area contributed by atoms with E-state index in [-0.39, 0.29) is 6.04 Å². The normalized spacial score (nSPS) is 22.8. The van der Waals surface area contributed by atoms with Crippen LogP contribution in [0.1, 0.15) is 64.5 Å². The molecule has 0 aromatic heterocycles. The molecule has 0 heterocycles. The molecule has 1 saturated carbocycles. The summed E-state index contributed by atoms with van der Waals surface area (Å²) < 4.78 is 6.73. The predicted molar refractivity (Wildman–Crippen MR) is 92.6 cm³/mol. The van der Waals surface area contributed by atoms with E-state index in [1.807, 2.05) is 6.07 Å². The Hall–Kier alpha value is -0.540. The second kappa shape index (κ2) is 7.15. The third-order valence-electron chi connectivity index (χ3n) is 4.83. The third-order valence-corrected chi connectivity index (χ3v) is 5.45. The van der Waals surface area contributed by atoms with Crippen LogP contribution in [-0.4, -0.2) is 6.61 Å². The number of hydrogen-bond acceptors (Lipinski definition) is 2. The van der Waals surface area contributed by atoms with Crippen LogP contribution < -0.4 is 10.5 Å². The highest BCUT2D eigenvalue weighted by atomic mass is 79.9. The van der Waals surface area contributed by atoms with Crippen LogP contribution in [-0.2, 0) is 0 Å². The van der Waals surface area contributed by atoms with E-state index < -0.39 is 0 Å². The zero-order valence-electron chi connectivity index (χ0n) is 13.5. The van der Waals surface area contributed by atoms with Crippen molar-refractivity contribution < 1.29 is 4.74 Å². The van der Waals surface area contributed by atoms with Gasteiger partial charge in [-0.15, -0.1) is 0 Å². The monoisotopic (exact) mass is 353 g/mol. The summed E-state index contributed by atoms with van der Waals surface area (Å²) in [4.78, 5) is 0. The van der Waals surface area contributed by atoms with E-state index in [0.717, 1.165) is 23.2 Å². The first-order valence-corrected chi connectivity index (χ1v) is 8.93. The quantitative estimate of drug-likeness (QED) is 0.763. The van der Waals surface area contributed by atoms with E-state index in [4.69, 9.17) is 10.5 Å². The highest BCUT2D eigenvalue weighted by Gasteiger charge is 2.36. The maximum absolute atomic E-state index is 6.60.